The quantitative estimate of drug-likeness (QED) is 0.651. The van der Waals surface area contributed by atoms with Gasteiger partial charge in [0.15, 0.2) is 5.76 Å². The lowest BCUT2D eigenvalue weighted by Crippen LogP contribution is -2.42. The van der Waals surface area contributed by atoms with Crippen LogP contribution in [0.2, 0.25) is 0 Å². The lowest BCUT2D eigenvalue weighted by molar-refractivity contribution is 0.0924. The zero-order valence-corrected chi connectivity index (χ0v) is 18.8. The van der Waals surface area contributed by atoms with Gasteiger partial charge < -0.3 is 9.73 Å². The van der Waals surface area contributed by atoms with E-state index in [1.807, 2.05) is 18.2 Å². The van der Waals surface area contributed by atoms with Crippen molar-refractivity contribution < 1.29 is 17.6 Å². The summed E-state index contributed by atoms with van der Waals surface area (Å²) in [5.74, 6) is 0.475. The third kappa shape index (κ3) is 4.36. The number of sulfonamides is 1. The van der Waals surface area contributed by atoms with Crippen molar-refractivity contribution in [2.75, 3.05) is 13.1 Å². The molecule has 0 spiro atoms. The molecule has 8 heteroatoms. The van der Waals surface area contributed by atoms with Crippen LogP contribution in [0.4, 0.5) is 0 Å². The number of pyridine rings is 1. The second kappa shape index (κ2) is 8.43. The molecular formula is C23H27N3O4S. The summed E-state index contributed by atoms with van der Waals surface area (Å²) in [5.41, 5.74) is 1.84. The first kappa shape index (κ1) is 21.5. The van der Waals surface area contributed by atoms with Gasteiger partial charge in [-0.15, -0.1) is 0 Å². The number of fused-ring (bicyclic) bond motifs is 1. The Morgan fingerprint density at radius 1 is 1.19 bits per heavy atom. The SMILES string of the molecule is Cc1c(C(=O)NCc2ccccn2)oc2ccc(S(=O)(=O)N3CC(C)CC(C)C3)cc12. The number of rotatable bonds is 5. The molecule has 2 aromatic heterocycles. The maximum absolute atomic E-state index is 13.2. The van der Waals surface area contributed by atoms with E-state index in [1.165, 1.54) is 0 Å². The second-order valence-electron chi connectivity index (χ2n) is 8.49. The van der Waals surface area contributed by atoms with E-state index in [2.05, 4.69) is 24.1 Å². The van der Waals surface area contributed by atoms with Gasteiger partial charge in [-0.1, -0.05) is 19.9 Å². The normalized spacial score (nSPS) is 20.1. The molecule has 2 atom stereocenters. The highest BCUT2D eigenvalue weighted by Crippen LogP contribution is 2.31. The minimum Gasteiger partial charge on any atom is -0.451 e. The summed E-state index contributed by atoms with van der Waals surface area (Å²) < 4.78 is 33.8. The number of carbonyl (C=O) groups is 1. The van der Waals surface area contributed by atoms with Crippen molar-refractivity contribution in [3.63, 3.8) is 0 Å². The Bertz CT molecular complexity index is 1190. The van der Waals surface area contributed by atoms with E-state index in [0.717, 1.165) is 12.1 Å². The van der Waals surface area contributed by atoms with E-state index in [1.54, 1.807) is 35.6 Å². The molecule has 1 aliphatic rings. The van der Waals surface area contributed by atoms with Gasteiger partial charge in [-0.25, -0.2) is 8.42 Å². The van der Waals surface area contributed by atoms with Crippen LogP contribution in [0.1, 0.15) is 42.1 Å². The predicted octanol–water partition coefficient (Wildman–Crippen LogP) is 3.73. The molecule has 164 valence electrons. The van der Waals surface area contributed by atoms with Crippen molar-refractivity contribution in [3.8, 4) is 0 Å². The number of nitrogens with one attached hydrogen (secondary N) is 1. The maximum Gasteiger partial charge on any atom is 0.287 e. The minimum absolute atomic E-state index is 0.181. The van der Waals surface area contributed by atoms with Crippen LogP contribution in [-0.4, -0.2) is 36.7 Å². The first-order valence-electron chi connectivity index (χ1n) is 10.5. The Labute approximate surface area is 182 Å². The van der Waals surface area contributed by atoms with E-state index in [9.17, 15) is 13.2 Å². The van der Waals surface area contributed by atoms with Gasteiger partial charge in [0.05, 0.1) is 17.1 Å². The van der Waals surface area contributed by atoms with Crippen LogP contribution in [0.25, 0.3) is 11.0 Å². The monoisotopic (exact) mass is 441 g/mol. The van der Waals surface area contributed by atoms with E-state index < -0.39 is 10.0 Å². The summed E-state index contributed by atoms with van der Waals surface area (Å²) in [6.45, 7) is 7.26. The smallest absolute Gasteiger partial charge is 0.287 e. The molecule has 0 bridgehead atoms. The third-order valence-electron chi connectivity index (χ3n) is 5.74. The molecule has 0 aliphatic carbocycles. The summed E-state index contributed by atoms with van der Waals surface area (Å²) in [6.07, 6.45) is 2.70. The highest BCUT2D eigenvalue weighted by molar-refractivity contribution is 7.89. The Kier molecular flexibility index (Phi) is 5.85. The molecule has 4 rings (SSSR count). The first-order valence-corrected chi connectivity index (χ1v) is 11.9. The van der Waals surface area contributed by atoms with Crippen molar-refractivity contribution in [2.24, 2.45) is 11.8 Å². The molecule has 1 aliphatic heterocycles. The topological polar surface area (TPSA) is 92.5 Å². The zero-order valence-electron chi connectivity index (χ0n) is 18.0. The average Bonchev–Trinajstić information content (AvgIpc) is 3.08. The number of benzene rings is 1. The molecule has 1 amide bonds. The molecule has 1 aromatic carbocycles. The summed E-state index contributed by atoms with van der Waals surface area (Å²) in [7, 11) is -3.61. The van der Waals surface area contributed by atoms with Crippen LogP contribution in [-0.2, 0) is 16.6 Å². The highest BCUT2D eigenvalue weighted by Gasteiger charge is 2.32. The summed E-state index contributed by atoms with van der Waals surface area (Å²) in [6, 6.07) is 10.3. The van der Waals surface area contributed by atoms with E-state index >= 15 is 0 Å². The van der Waals surface area contributed by atoms with Gasteiger partial charge in [0, 0.05) is 30.2 Å². The van der Waals surface area contributed by atoms with Crippen LogP contribution in [0.15, 0.2) is 51.9 Å². The Balaban J connectivity index is 1.60. The molecule has 0 radical (unpaired) electrons. The molecule has 0 saturated carbocycles. The van der Waals surface area contributed by atoms with Crippen molar-refractivity contribution in [3.05, 3.63) is 59.6 Å². The lowest BCUT2D eigenvalue weighted by Gasteiger charge is -2.34. The number of furan rings is 1. The number of hydrogen-bond donors (Lipinski definition) is 1. The number of hydrogen-bond acceptors (Lipinski definition) is 5. The average molecular weight is 442 g/mol. The third-order valence-corrected chi connectivity index (χ3v) is 7.57. The van der Waals surface area contributed by atoms with Crippen molar-refractivity contribution in [2.45, 2.75) is 38.6 Å². The number of carbonyl (C=O) groups excluding carboxylic acids is 1. The van der Waals surface area contributed by atoms with Gasteiger partial charge in [-0.2, -0.15) is 4.31 Å². The summed E-state index contributed by atoms with van der Waals surface area (Å²) in [5, 5.41) is 3.43. The fourth-order valence-electron chi connectivity index (χ4n) is 4.28. The van der Waals surface area contributed by atoms with Gasteiger partial charge >= 0.3 is 0 Å². The largest absolute Gasteiger partial charge is 0.451 e. The molecule has 1 N–H and O–H groups in total. The van der Waals surface area contributed by atoms with Gasteiger partial charge in [-0.05, 0) is 55.5 Å². The molecule has 2 unspecified atom stereocenters. The summed E-state index contributed by atoms with van der Waals surface area (Å²) >= 11 is 0. The van der Waals surface area contributed by atoms with Crippen LogP contribution < -0.4 is 5.32 Å². The van der Waals surface area contributed by atoms with Gasteiger partial charge in [-0.3, -0.25) is 9.78 Å². The number of nitrogens with zero attached hydrogens (tertiary/aromatic N) is 2. The van der Waals surface area contributed by atoms with Crippen LogP contribution in [0.5, 0.6) is 0 Å². The number of amides is 1. The second-order valence-corrected chi connectivity index (χ2v) is 10.4. The van der Waals surface area contributed by atoms with Crippen molar-refractivity contribution in [1.29, 1.82) is 0 Å². The number of aromatic nitrogens is 1. The van der Waals surface area contributed by atoms with E-state index in [0.29, 0.717) is 41.5 Å². The molecule has 3 heterocycles. The number of aryl methyl sites for hydroxylation is 1. The highest BCUT2D eigenvalue weighted by atomic mass is 32.2. The fourth-order valence-corrected chi connectivity index (χ4v) is 5.99. The lowest BCUT2D eigenvalue weighted by atomic mass is 9.94. The molecule has 1 saturated heterocycles. The number of piperidine rings is 1. The first-order chi connectivity index (χ1) is 14.8. The zero-order chi connectivity index (χ0) is 22.2. The van der Waals surface area contributed by atoms with Gasteiger partial charge in [0.25, 0.3) is 5.91 Å². The van der Waals surface area contributed by atoms with E-state index in [-0.39, 0.29) is 23.1 Å². The van der Waals surface area contributed by atoms with Crippen molar-refractivity contribution in [1.82, 2.24) is 14.6 Å². The predicted molar refractivity (Wildman–Crippen MR) is 118 cm³/mol. The molecule has 1 fully saturated rings. The van der Waals surface area contributed by atoms with E-state index in [4.69, 9.17) is 4.42 Å². The standard InChI is InChI=1S/C23H27N3O4S/c1-15-10-16(2)14-26(13-15)31(28,29)19-7-8-21-20(11-19)17(3)22(30-21)23(27)25-12-18-6-4-5-9-24-18/h4-9,11,15-16H,10,12-14H2,1-3H3,(H,25,27). The fraction of sp³-hybridized carbons (Fsp3) is 0.391. The van der Waals surface area contributed by atoms with Crippen LogP contribution >= 0.6 is 0 Å². The Morgan fingerprint density at radius 3 is 2.61 bits per heavy atom. The molecule has 31 heavy (non-hydrogen) atoms. The Hall–Kier alpha value is -2.71. The Morgan fingerprint density at radius 2 is 1.94 bits per heavy atom. The summed E-state index contributed by atoms with van der Waals surface area (Å²) in [4.78, 5) is 17.1. The van der Waals surface area contributed by atoms with Gasteiger partial charge in [0.1, 0.15) is 5.58 Å². The van der Waals surface area contributed by atoms with Crippen LogP contribution in [0, 0.1) is 18.8 Å². The maximum atomic E-state index is 13.2. The molecule has 7 nitrogen and oxygen atoms in total. The molecular weight excluding hydrogens is 414 g/mol. The van der Waals surface area contributed by atoms with Crippen LogP contribution in [0.3, 0.4) is 0 Å². The van der Waals surface area contributed by atoms with Crippen molar-refractivity contribution >= 4 is 26.9 Å². The molecule has 3 aromatic rings. The minimum atomic E-state index is -3.61. The van der Waals surface area contributed by atoms with Gasteiger partial charge in [0.2, 0.25) is 10.0 Å².